The Bertz CT molecular complexity index is 3680. The number of hydrogen-bond donors (Lipinski definition) is 0. The molecule has 0 saturated heterocycles. The van der Waals surface area contributed by atoms with Gasteiger partial charge >= 0.3 is 0 Å². The van der Waals surface area contributed by atoms with Gasteiger partial charge in [0.25, 0.3) is 0 Å². The van der Waals surface area contributed by atoms with E-state index in [9.17, 15) is 0 Å². The number of nitrogens with zero attached hydrogens (tertiary/aromatic N) is 4. The van der Waals surface area contributed by atoms with E-state index in [2.05, 4.69) is 221 Å². The molecule has 0 aliphatic heterocycles. The van der Waals surface area contributed by atoms with E-state index in [1.165, 1.54) is 21.5 Å². The van der Waals surface area contributed by atoms with Gasteiger partial charge in [-0.2, -0.15) is 0 Å². The van der Waals surface area contributed by atoms with E-state index >= 15 is 0 Å². The number of rotatable bonds is 7. The normalized spacial score (nSPS) is 11.7. The van der Waals surface area contributed by atoms with Gasteiger partial charge in [-0.15, -0.1) is 0 Å². The second kappa shape index (κ2) is 14.9. The molecule has 0 aliphatic carbocycles. The van der Waals surface area contributed by atoms with Crippen molar-refractivity contribution in [2.75, 3.05) is 0 Å². The first kappa shape index (κ1) is 36.8. The largest absolute Gasteiger partial charge is 0.456 e. The van der Waals surface area contributed by atoms with Gasteiger partial charge in [-0.05, 0) is 71.8 Å². The average Bonchev–Trinajstić information content (AvgIpc) is 4.07. The summed E-state index contributed by atoms with van der Waals surface area (Å²) < 4.78 is 11.0. The molecule has 0 amide bonds. The minimum absolute atomic E-state index is 0.631. The number of furan rings is 1. The maximum atomic E-state index is 6.27. The van der Waals surface area contributed by atoms with Crippen molar-refractivity contribution in [1.82, 2.24) is 19.1 Å². The zero-order chi connectivity index (χ0) is 42.8. The molecule has 5 heteroatoms. The molecule has 0 spiro atoms. The predicted octanol–water partition coefficient (Wildman–Crippen LogP) is 15.8. The van der Waals surface area contributed by atoms with E-state index in [-0.39, 0.29) is 0 Å². The van der Waals surface area contributed by atoms with Crippen molar-refractivity contribution >= 4 is 54.6 Å². The molecule has 0 atom stereocenters. The molecule has 0 saturated carbocycles. The molecule has 0 radical (unpaired) electrons. The van der Waals surface area contributed by atoms with Gasteiger partial charge in [0.1, 0.15) is 11.3 Å². The Morgan fingerprint density at radius 3 is 1.38 bits per heavy atom. The van der Waals surface area contributed by atoms with E-state index in [0.29, 0.717) is 5.82 Å². The third-order valence-corrected chi connectivity index (χ3v) is 12.7. The fourth-order valence-electron chi connectivity index (χ4n) is 9.75. The lowest BCUT2D eigenvalue weighted by atomic mass is 9.96. The summed E-state index contributed by atoms with van der Waals surface area (Å²) in [6, 6.07) is 81.5. The maximum absolute atomic E-state index is 6.27. The molecule has 13 rings (SSSR count). The van der Waals surface area contributed by atoms with E-state index < -0.39 is 0 Å². The first-order valence-corrected chi connectivity index (χ1v) is 22.0. The van der Waals surface area contributed by atoms with Crippen LogP contribution in [0.25, 0.3) is 122 Å². The first-order valence-electron chi connectivity index (χ1n) is 22.0. The highest BCUT2D eigenvalue weighted by molar-refractivity contribution is 6.10. The van der Waals surface area contributed by atoms with E-state index in [1.807, 2.05) is 18.2 Å². The Labute approximate surface area is 374 Å². The van der Waals surface area contributed by atoms with Gasteiger partial charge < -0.3 is 13.6 Å². The number of benzene rings is 9. The summed E-state index contributed by atoms with van der Waals surface area (Å²) in [5.41, 5.74) is 15.3. The number of para-hydroxylation sites is 5. The molecule has 0 unspecified atom stereocenters. The molecule has 0 fully saturated rings. The first-order chi connectivity index (χ1) is 32.2. The van der Waals surface area contributed by atoms with Crippen LogP contribution in [0.5, 0.6) is 0 Å². The lowest BCUT2D eigenvalue weighted by molar-refractivity contribution is 0.631. The van der Waals surface area contributed by atoms with Crippen LogP contribution in [0.3, 0.4) is 0 Å². The fourth-order valence-corrected chi connectivity index (χ4v) is 9.75. The van der Waals surface area contributed by atoms with Crippen LogP contribution in [0.2, 0.25) is 0 Å². The molecule has 13 aromatic rings. The Kier molecular flexibility index (Phi) is 8.46. The highest BCUT2D eigenvalue weighted by Gasteiger charge is 2.20. The van der Waals surface area contributed by atoms with Crippen LogP contribution in [0.1, 0.15) is 0 Å². The highest BCUT2D eigenvalue weighted by Crippen LogP contribution is 2.40. The monoisotopic (exact) mass is 830 g/mol. The van der Waals surface area contributed by atoms with Gasteiger partial charge in [0.15, 0.2) is 5.82 Å². The summed E-state index contributed by atoms with van der Waals surface area (Å²) in [5, 5.41) is 5.90. The van der Waals surface area contributed by atoms with Crippen LogP contribution in [-0.4, -0.2) is 19.1 Å². The van der Waals surface area contributed by atoms with Crippen molar-refractivity contribution in [3.63, 3.8) is 0 Å². The molecule has 304 valence electrons. The highest BCUT2D eigenvalue weighted by atomic mass is 16.3. The summed E-state index contributed by atoms with van der Waals surface area (Å²) >= 11 is 0. The smallest absolute Gasteiger partial charge is 0.160 e. The van der Waals surface area contributed by atoms with Gasteiger partial charge in [-0.3, -0.25) is 0 Å². The topological polar surface area (TPSA) is 48.8 Å². The van der Waals surface area contributed by atoms with E-state index in [4.69, 9.17) is 14.4 Å². The zero-order valence-electron chi connectivity index (χ0n) is 35.1. The number of fused-ring (bicyclic) bond motifs is 7. The van der Waals surface area contributed by atoms with Gasteiger partial charge in [0.05, 0.1) is 33.5 Å². The Morgan fingerprint density at radius 2 is 0.800 bits per heavy atom. The molecule has 5 nitrogen and oxygen atoms in total. The van der Waals surface area contributed by atoms with Crippen LogP contribution in [-0.2, 0) is 0 Å². The molecule has 65 heavy (non-hydrogen) atoms. The van der Waals surface area contributed by atoms with Crippen molar-refractivity contribution in [2.24, 2.45) is 0 Å². The van der Waals surface area contributed by atoms with Gasteiger partial charge in [-0.1, -0.05) is 170 Å². The number of hydrogen-bond acceptors (Lipinski definition) is 3. The van der Waals surface area contributed by atoms with Crippen LogP contribution in [0.15, 0.2) is 235 Å². The third-order valence-electron chi connectivity index (χ3n) is 12.7. The Hall–Kier alpha value is -8.80. The van der Waals surface area contributed by atoms with Crippen LogP contribution < -0.4 is 0 Å². The SMILES string of the molecule is c1ccc(-c2ccccc2-c2cc(-c3ccc(-c4cc5ccccc5o4)cc3)nc(-c3cc(-n4c5ccccc5c5ccccc54)cc(-n4c5ccccc5c5ccccc54)c3)n2)cc1. The molecule has 0 aliphatic rings. The van der Waals surface area contributed by atoms with Crippen molar-refractivity contribution < 1.29 is 4.42 Å². The van der Waals surface area contributed by atoms with Gasteiger partial charge in [0, 0.05) is 60.6 Å². The van der Waals surface area contributed by atoms with Crippen LogP contribution in [0.4, 0.5) is 0 Å². The zero-order valence-corrected chi connectivity index (χ0v) is 35.1. The van der Waals surface area contributed by atoms with Crippen molar-refractivity contribution in [1.29, 1.82) is 0 Å². The Balaban J connectivity index is 1.07. The van der Waals surface area contributed by atoms with Crippen molar-refractivity contribution in [3.8, 4) is 67.7 Å². The Morgan fingerprint density at radius 1 is 0.323 bits per heavy atom. The number of aromatic nitrogens is 4. The van der Waals surface area contributed by atoms with Gasteiger partial charge in [0.2, 0.25) is 0 Å². The summed E-state index contributed by atoms with van der Waals surface area (Å²) in [4.78, 5) is 11.0. The van der Waals surface area contributed by atoms with Crippen LogP contribution in [0, 0.1) is 0 Å². The molecule has 4 heterocycles. The van der Waals surface area contributed by atoms with Gasteiger partial charge in [-0.25, -0.2) is 9.97 Å². The third kappa shape index (κ3) is 6.16. The minimum Gasteiger partial charge on any atom is -0.456 e. The second-order valence-electron chi connectivity index (χ2n) is 16.6. The van der Waals surface area contributed by atoms with E-state index in [1.54, 1.807) is 0 Å². The summed E-state index contributed by atoms with van der Waals surface area (Å²) in [7, 11) is 0. The molecule has 4 aromatic heterocycles. The van der Waals surface area contributed by atoms with E-state index in [0.717, 1.165) is 94.9 Å². The maximum Gasteiger partial charge on any atom is 0.160 e. The summed E-state index contributed by atoms with van der Waals surface area (Å²) in [6.07, 6.45) is 0. The second-order valence-corrected chi connectivity index (χ2v) is 16.6. The summed E-state index contributed by atoms with van der Waals surface area (Å²) in [6.45, 7) is 0. The molecule has 0 N–H and O–H groups in total. The van der Waals surface area contributed by atoms with Crippen LogP contribution >= 0.6 is 0 Å². The molecular weight excluding hydrogens is 793 g/mol. The minimum atomic E-state index is 0.631. The van der Waals surface area contributed by atoms with Crippen molar-refractivity contribution in [2.45, 2.75) is 0 Å². The lowest BCUT2D eigenvalue weighted by Gasteiger charge is -2.17. The molecular formula is C60H38N4O. The molecule has 9 aromatic carbocycles. The standard InChI is InChI=1S/C60H38N4O/c1-2-16-39(17-3-1)46-19-5-6-20-47(46)53-38-52(40-30-32-41(33-31-40)59-36-42-18-4-15-29-58(42)65-59)61-60(62-53)43-34-44(63-54-25-11-7-21-48(54)49-22-8-12-26-55(49)63)37-45(35-43)64-56-27-13-9-23-50(56)51-24-10-14-28-57(51)64/h1-38H. The molecule has 0 bridgehead atoms. The quantitative estimate of drug-likeness (QED) is 0.161. The average molecular weight is 831 g/mol. The summed E-state index contributed by atoms with van der Waals surface area (Å²) in [5.74, 6) is 1.46. The fraction of sp³-hybridized carbons (Fsp3) is 0. The lowest BCUT2D eigenvalue weighted by Crippen LogP contribution is -2.02. The predicted molar refractivity (Wildman–Crippen MR) is 268 cm³/mol. The van der Waals surface area contributed by atoms with Crippen molar-refractivity contribution in [3.05, 3.63) is 231 Å².